The molecule has 1 saturated carbocycles. The van der Waals surface area contributed by atoms with Crippen LogP contribution in [0.15, 0.2) is 52.8 Å². The number of nitrogens with zero attached hydrogens (tertiary/aromatic N) is 5. The summed E-state index contributed by atoms with van der Waals surface area (Å²) in [5, 5.41) is 10.4. The molecule has 6 rings (SSSR count). The maximum atomic E-state index is 13.7. The molecule has 4 aromatic rings. The van der Waals surface area contributed by atoms with Crippen molar-refractivity contribution >= 4 is 22.7 Å². The summed E-state index contributed by atoms with van der Waals surface area (Å²) >= 11 is 1.67. The van der Waals surface area contributed by atoms with Crippen LogP contribution in [0.1, 0.15) is 67.0 Å². The minimum absolute atomic E-state index is 0.0278. The quantitative estimate of drug-likeness (QED) is 0.364. The normalized spacial score (nSPS) is 17.8. The Kier molecular flexibility index (Phi) is 6.02. The monoisotopic (exact) mass is 488 g/mol. The molecule has 7 nitrogen and oxygen atoms in total. The summed E-state index contributed by atoms with van der Waals surface area (Å²) in [6.45, 7) is 5.35. The molecule has 1 aliphatic heterocycles. The number of H-pyrrole nitrogens is 1. The second-order valence-electron chi connectivity index (χ2n) is 10.0. The van der Waals surface area contributed by atoms with Gasteiger partial charge in [-0.1, -0.05) is 30.3 Å². The zero-order chi connectivity index (χ0) is 23.9. The van der Waals surface area contributed by atoms with Crippen molar-refractivity contribution in [1.82, 2.24) is 29.2 Å². The molecule has 1 atom stereocenters. The zero-order valence-electron chi connectivity index (χ0n) is 20.4. The molecule has 2 fully saturated rings. The Morgan fingerprint density at radius 2 is 2.00 bits per heavy atom. The largest absolute Gasteiger partial charge is 0.353 e. The van der Waals surface area contributed by atoms with Gasteiger partial charge in [0.2, 0.25) is 0 Å². The van der Waals surface area contributed by atoms with Crippen molar-refractivity contribution in [3.8, 4) is 5.69 Å². The number of nitrogens with one attached hydrogen (secondary N) is 1. The molecule has 0 bridgehead atoms. The topological polar surface area (TPSA) is 71.7 Å². The second-order valence-corrected chi connectivity index (χ2v) is 11.3. The van der Waals surface area contributed by atoms with E-state index in [2.05, 4.69) is 51.4 Å². The van der Waals surface area contributed by atoms with Crippen molar-refractivity contribution < 1.29 is 0 Å². The fourth-order valence-electron chi connectivity index (χ4n) is 5.18. The summed E-state index contributed by atoms with van der Waals surface area (Å²) in [5.41, 5.74) is 5.30. The first-order valence-corrected chi connectivity index (χ1v) is 13.6. The van der Waals surface area contributed by atoms with Gasteiger partial charge in [-0.25, -0.2) is 0 Å². The van der Waals surface area contributed by atoms with Gasteiger partial charge in [0.25, 0.3) is 5.56 Å². The van der Waals surface area contributed by atoms with Crippen LogP contribution in [0, 0.1) is 0 Å². The predicted octanol–water partition coefficient (Wildman–Crippen LogP) is 5.16. The van der Waals surface area contributed by atoms with Gasteiger partial charge in [0, 0.05) is 41.8 Å². The van der Waals surface area contributed by atoms with Gasteiger partial charge in [0.05, 0.1) is 0 Å². The summed E-state index contributed by atoms with van der Waals surface area (Å²) in [6, 6.07) is 10.6. The molecule has 3 aromatic heterocycles. The fraction of sp³-hybridized carbons (Fsp3) is 0.444. The van der Waals surface area contributed by atoms with Crippen LogP contribution in [0.4, 0.5) is 0 Å². The number of aryl methyl sites for hydroxylation is 1. The third kappa shape index (κ3) is 4.57. The van der Waals surface area contributed by atoms with Crippen molar-refractivity contribution in [2.45, 2.75) is 61.9 Å². The van der Waals surface area contributed by atoms with Gasteiger partial charge in [-0.2, -0.15) is 0 Å². The maximum Gasteiger partial charge on any atom is 0.279 e. The van der Waals surface area contributed by atoms with E-state index in [0.717, 1.165) is 52.6 Å². The lowest BCUT2D eigenvalue weighted by Crippen LogP contribution is -2.29. The van der Waals surface area contributed by atoms with Crippen molar-refractivity contribution in [3.63, 3.8) is 0 Å². The average Bonchev–Trinajstić information content (AvgIpc) is 3.51. The highest BCUT2D eigenvalue weighted by molar-refractivity contribution is 7.99. The van der Waals surface area contributed by atoms with Gasteiger partial charge in [-0.3, -0.25) is 14.3 Å². The second kappa shape index (κ2) is 9.32. The molecule has 4 heterocycles. The minimum Gasteiger partial charge on any atom is -0.353 e. The van der Waals surface area contributed by atoms with E-state index in [1.54, 1.807) is 18.1 Å². The first-order valence-electron chi connectivity index (χ1n) is 12.7. The number of hydrogen-bond donors (Lipinski definition) is 1. The van der Waals surface area contributed by atoms with E-state index in [-0.39, 0.29) is 10.8 Å². The Morgan fingerprint density at radius 3 is 2.74 bits per heavy atom. The Labute approximate surface area is 209 Å². The van der Waals surface area contributed by atoms with Gasteiger partial charge in [0.1, 0.15) is 11.8 Å². The fourth-order valence-corrected chi connectivity index (χ4v) is 6.09. The lowest BCUT2D eigenvalue weighted by molar-refractivity contribution is 0.219. The van der Waals surface area contributed by atoms with Gasteiger partial charge >= 0.3 is 0 Å². The molecule has 1 N–H and O–H groups in total. The lowest BCUT2D eigenvalue weighted by Gasteiger charge is -2.25. The number of aromatic amines is 1. The van der Waals surface area contributed by atoms with Crippen molar-refractivity contribution in [2.75, 3.05) is 13.1 Å². The Balaban J connectivity index is 1.36. The average molecular weight is 489 g/mol. The van der Waals surface area contributed by atoms with E-state index >= 15 is 0 Å². The van der Waals surface area contributed by atoms with Crippen molar-refractivity contribution in [2.24, 2.45) is 7.05 Å². The molecule has 182 valence electrons. The van der Waals surface area contributed by atoms with Crippen molar-refractivity contribution in [3.05, 3.63) is 70.0 Å². The number of hydrogen-bond acceptors (Lipinski definition) is 5. The third-order valence-electron chi connectivity index (χ3n) is 7.31. The Morgan fingerprint density at radius 1 is 1.17 bits per heavy atom. The highest BCUT2D eigenvalue weighted by atomic mass is 32.2. The van der Waals surface area contributed by atoms with E-state index in [1.165, 1.54) is 37.7 Å². The molecule has 1 saturated heterocycles. The van der Waals surface area contributed by atoms with E-state index in [4.69, 9.17) is 0 Å². The number of thioether (sulfide) groups is 1. The smallest absolute Gasteiger partial charge is 0.279 e. The number of benzene rings is 1. The molecular formula is C27H32N6OS. The lowest BCUT2D eigenvalue weighted by atomic mass is 10.1. The number of rotatable bonds is 7. The highest BCUT2D eigenvalue weighted by Gasteiger charge is 2.28. The number of pyridine rings is 1. The summed E-state index contributed by atoms with van der Waals surface area (Å²) in [4.78, 5) is 19.7. The third-order valence-corrected chi connectivity index (χ3v) is 8.52. The van der Waals surface area contributed by atoms with E-state index in [1.807, 2.05) is 28.3 Å². The number of piperidine rings is 1. The van der Waals surface area contributed by atoms with E-state index < -0.39 is 0 Å². The molecule has 0 radical (unpaired) electrons. The molecule has 0 amide bonds. The van der Waals surface area contributed by atoms with Gasteiger partial charge in [0.15, 0.2) is 5.16 Å². The molecule has 0 spiro atoms. The van der Waals surface area contributed by atoms with Crippen LogP contribution in [0.25, 0.3) is 16.6 Å². The molecule has 2 aliphatic rings. The molecular weight excluding hydrogens is 456 g/mol. The van der Waals surface area contributed by atoms with Crippen LogP contribution >= 0.6 is 11.8 Å². The van der Waals surface area contributed by atoms with Gasteiger partial charge in [-0.05, 0) is 80.9 Å². The van der Waals surface area contributed by atoms with Crippen molar-refractivity contribution in [1.29, 1.82) is 0 Å². The maximum absolute atomic E-state index is 13.7. The molecule has 8 heteroatoms. The van der Waals surface area contributed by atoms with Crippen LogP contribution in [-0.2, 0) is 13.6 Å². The predicted molar refractivity (Wildman–Crippen MR) is 140 cm³/mol. The Bertz CT molecular complexity index is 1410. The number of aromatic nitrogens is 5. The zero-order valence-corrected chi connectivity index (χ0v) is 21.2. The Hall–Kier alpha value is -2.84. The van der Waals surface area contributed by atoms with Gasteiger partial charge < -0.3 is 9.55 Å². The summed E-state index contributed by atoms with van der Waals surface area (Å²) in [5.74, 6) is 0.552. The standard InChI is InChI=1S/C27H32N6OS/c1-18(35-27-30-28-17-31(27)2)20-7-6-8-22(13-20)33-16-24(19-9-10-19)23-14-21(29-25(23)26(33)34)15-32-11-4-3-5-12-32/h6-8,13-14,16-19,29H,3-5,9-12,15H2,1-2H3. The highest BCUT2D eigenvalue weighted by Crippen LogP contribution is 2.43. The van der Waals surface area contributed by atoms with Crippen LogP contribution in [0.2, 0.25) is 0 Å². The van der Waals surface area contributed by atoms with E-state index in [0.29, 0.717) is 5.92 Å². The SMILES string of the molecule is CC(Sc1nncn1C)c1cccc(-n2cc(C3CC3)c3cc(CN4CCCCC4)[nH]c3c2=O)c1. The number of fused-ring (bicyclic) bond motifs is 1. The number of likely N-dealkylation sites (tertiary alicyclic amines) is 1. The minimum atomic E-state index is 0.0278. The summed E-state index contributed by atoms with van der Waals surface area (Å²) in [6.07, 6.45) is 10.1. The molecule has 1 aliphatic carbocycles. The van der Waals surface area contributed by atoms with Crippen LogP contribution < -0.4 is 5.56 Å². The van der Waals surface area contributed by atoms with Crippen LogP contribution in [0.5, 0.6) is 0 Å². The van der Waals surface area contributed by atoms with Crippen LogP contribution in [0.3, 0.4) is 0 Å². The van der Waals surface area contributed by atoms with Gasteiger partial charge in [-0.15, -0.1) is 10.2 Å². The first-order chi connectivity index (χ1) is 17.1. The van der Waals surface area contributed by atoms with E-state index in [9.17, 15) is 4.79 Å². The molecule has 1 unspecified atom stereocenters. The summed E-state index contributed by atoms with van der Waals surface area (Å²) in [7, 11) is 1.95. The summed E-state index contributed by atoms with van der Waals surface area (Å²) < 4.78 is 3.78. The molecule has 1 aromatic carbocycles. The van der Waals surface area contributed by atoms with Crippen LogP contribution in [-0.4, -0.2) is 42.3 Å². The molecule has 35 heavy (non-hydrogen) atoms. The first kappa shape index (κ1) is 22.6.